The van der Waals surface area contributed by atoms with Crippen molar-refractivity contribution in [3.63, 3.8) is 0 Å². The summed E-state index contributed by atoms with van der Waals surface area (Å²) in [4.78, 5) is 0. The predicted octanol–water partition coefficient (Wildman–Crippen LogP) is 4.55. The quantitative estimate of drug-likeness (QED) is 0.628. The first kappa shape index (κ1) is 13.6. The summed E-state index contributed by atoms with van der Waals surface area (Å²) in [6, 6.07) is 0. The van der Waals surface area contributed by atoms with Crippen LogP contribution in [0.2, 0.25) is 0 Å². The first-order valence-electron chi connectivity index (χ1n) is 4.81. The lowest BCUT2D eigenvalue weighted by molar-refractivity contribution is 0.411. The van der Waals surface area contributed by atoms with Crippen molar-refractivity contribution >= 4 is 21.6 Å². The van der Waals surface area contributed by atoms with Gasteiger partial charge in [-0.05, 0) is 5.92 Å². The van der Waals surface area contributed by atoms with Crippen molar-refractivity contribution < 1.29 is 4.39 Å². The molecule has 1 unspecified atom stereocenters. The van der Waals surface area contributed by atoms with E-state index in [0.717, 1.165) is 6.42 Å². The molecule has 0 bridgehead atoms. The van der Waals surface area contributed by atoms with Gasteiger partial charge < -0.3 is 0 Å². The van der Waals surface area contributed by atoms with Crippen molar-refractivity contribution in [1.82, 2.24) is 0 Å². The van der Waals surface area contributed by atoms with Gasteiger partial charge in [-0.1, -0.05) is 62.6 Å². The second-order valence-electron chi connectivity index (χ2n) is 4.37. The molecule has 0 aliphatic carbocycles. The van der Waals surface area contributed by atoms with Gasteiger partial charge in [0.2, 0.25) is 0 Å². The van der Waals surface area contributed by atoms with Gasteiger partial charge >= 0.3 is 0 Å². The van der Waals surface area contributed by atoms with Gasteiger partial charge in [0.1, 0.15) is 6.67 Å². The molecule has 0 radical (unpaired) electrons. The molecule has 0 saturated heterocycles. The number of hydrogen-bond acceptors (Lipinski definition) is 2. The van der Waals surface area contributed by atoms with Crippen LogP contribution in [0.15, 0.2) is 0 Å². The number of alkyl halides is 1. The van der Waals surface area contributed by atoms with Crippen LogP contribution in [-0.4, -0.2) is 16.7 Å². The molecule has 0 amide bonds. The highest BCUT2D eigenvalue weighted by atomic mass is 33.1. The summed E-state index contributed by atoms with van der Waals surface area (Å²) in [7, 11) is 3.49. The van der Waals surface area contributed by atoms with E-state index in [1.54, 1.807) is 21.6 Å². The van der Waals surface area contributed by atoms with Crippen molar-refractivity contribution in [2.24, 2.45) is 5.92 Å². The van der Waals surface area contributed by atoms with Crippen LogP contribution in [-0.2, 0) is 0 Å². The zero-order valence-corrected chi connectivity index (χ0v) is 10.9. The minimum atomic E-state index is -0.206. The molecule has 0 rings (SSSR count). The van der Waals surface area contributed by atoms with Crippen molar-refractivity contribution in [3.8, 4) is 0 Å². The summed E-state index contributed by atoms with van der Waals surface area (Å²) in [6.45, 7) is 10.5. The second kappa shape index (κ2) is 6.18. The molecule has 0 aliphatic heterocycles. The minimum Gasteiger partial charge on any atom is -0.250 e. The fraction of sp³-hybridized carbons (Fsp3) is 1.00. The lowest BCUT2D eigenvalue weighted by Gasteiger charge is -2.23. The van der Waals surface area contributed by atoms with E-state index in [-0.39, 0.29) is 16.7 Å². The van der Waals surface area contributed by atoms with E-state index in [1.165, 1.54) is 0 Å². The van der Waals surface area contributed by atoms with Crippen molar-refractivity contribution in [1.29, 1.82) is 0 Å². The van der Waals surface area contributed by atoms with Crippen LogP contribution in [0.3, 0.4) is 0 Å². The summed E-state index contributed by atoms with van der Waals surface area (Å²) in [6.07, 6.45) is 1.06. The summed E-state index contributed by atoms with van der Waals surface area (Å²) in [5.74, 6) is 0.477. The highest BCUT2D eigenvalue weighted by Crippen LogP contribution is 2.40. The molecule has 80 valence electrons. The lowest BCUT2D eigenvalue weighted by Crippen LogP contribution is -2.16. The van der Waals surface area contributed by atoms with Gasteiger partial charge in [0.25, 0.3) is 0 Å². The van der Waals surface area contributed by atoms with Crippen LogP contribution in [0.5, 0.6) is 0 Å². The van der Waals surface area contributed by atoms with E-state index < -0.39 is 0 Å². The summed E-state index contributed by atoms with van der Waals surface area (Å²) < 4.78 is 12.9. The van der Waals surface area contributed by atoms with Crippen LogP contribution in [0.1, 0.15) is 41.0 Å². The molecule has 0 fully saturated rings. The molecule has 0 N–H and O–H groups in total. The Hall–Kier alpha value is 0.630. The maximum atomic E-state index is 12.6. The molecular weight excluding hydrogens is 203 g/mol. The van der Waals surface area contributed by atoms with Gasteiger partial charge in [-0.2, -0.15) is 0 Å². The zero-order valence-electron chi connectivity index (χ0n) is 9.26. The zero-order chi connectivity index (χ0) is 10.5. The Balaban J connectivity index is 3.85. The van der Waals surface area contributed by atoms with E-state index in [1.807, 2.05) is 0 Å². The molecule has 2 atom stereocenters. The SMILES string of the molecule is CCC(C)[C@@H](CF)SSC(C)(C)C. The molecule has 0 nitrogen and oxygen atoms in total. The minimum absolute atomic E-state index is 0.161. The topological polar surface area (TPSA) is 0 Å². The number of halogens is 1. The highest BCUT2D eigenvalue weighted by molar-refractivity contribution is 8.77. The van der Waals surface area contributed by atoms with Gasteiger partial charge in [0.15, 0.2) is 0 Å². The molecule has 13 heavy (non-hydrogen) atoms. The largest absolute Gasteiger partial charge is 0.250 e. The Kier molecular flexibility index (Phi) is 6.48. The fourth-order valence-corrected chi connectivity index (χ4v) is 3.55. The maximum absolute atomic E-state index is 12.6. The smallest absolute Gasteiger partial charge is 0.102 e. The van der Waals surface area contributed by atoms with Crippen LogP contribution in [0, 0.1) is 5.92 Å². The molecule has 0 saturated carbocycles. The van der Waals surface area contributed by atoms with Gasteiger partial charge in [-0.25, -0.2) is 4.39 Å². The van der Waals surface area contributed by atoms with E-state index >= 15 is 0 Å². The van der Waals surface area contributed by atoms with Gasteiger partial charge in [-0.3, -0.25) is 0 Å². The van der Waals surface area contributed by atoms with Crippen LogP contribution >= 0.6 is 21.6 Å². The average molecular weight is 224 g/mol. The van der Waals surface area contributed by atoms with E-state index in [9.17, 15) is 4.39 Å². The maximum Gasteiger partial charge on any atom is 0.102 e. The molecule has 0 aromatic heterocycles. The second-order valence-corrected chi connectivity index (χ2v) is 7.64. The number of rotatable bonds is 5. The molecule has 0 aromatic carbocycles. The molecule has 0 aliphatic rings. The van der Waals surface area contributed by atoms with E-state index in [2.05, 4.69) is 34.6 Å². The molecule has 3 heteroatoms. The Morgan fingerprint density at radius 1 is 1.31 bits per heavy atom. The third kappa shape index (κ3) is 6.67. The number of hydrogen-bond donors (Lipinski definition) is 0. The first-order valence-corrected chi connectivity index (χ1v) is 7.02. The standard InChI is InChI=1S/C10H21FS2/c1-6-8(2)9(7-11)12-13-10(3,4)5/h8-9H,6-7H2,1-5H3/t8?,9-/m1/s1. The third-order valence-corrected chi connectivity index (χ3v) is 5.82. The Bertz CT molecular complexity index is 131. The molecule has 0 aromatic rings. The lowest BCUT2D eigenvalue weighted by atomic mass is 10.1. The summed E-state index contributed by atoms with van der Waals surface area (Å²) >= 11 is 0. The third-order valence-electron chi connectivity index (χ3n) is 1.85. The Morgan fingerprint density at radius 2 is 1.85 bits per heavy atom. The summed E-state index contributed by atoms with van der Waals surface area (Å²) in [5, 5.41) is 0.161. The molecular formula is C10H21FS2. The van der Waals surface area contributed by atoms with Gasteiger partial charge in [0.05, 0.1) is 0 Å². The van der Waals surface area contributed by atoms with Crippen molar-refractivity contribution in [2.75, 3.05) is 6.67 Å². The van der Waals surface area contributed by atoms with E-state index in [4.69, 9.17) is 0 Å². The van der Waals surface area contributed by atoms with Crippen LogP contribution < -0.4 is 0 Å². The average Bonchev–Trinajstić information content (AvgIpc) is 2.03. The van der Waals surface area contributed by atoms with Gasteiger partial charge in [-0.15, -0.1) is 0 Å². The van der Waals surface area contributed by atoms with Crippen molar-refractivity contribution in [3.05, 3.63) is 0 Å². The van der Waals surface area contributed by atoms with Crippen molar-refractivity contribution in [2.45, 2.75) is 51.0 Å². The Morgan fingerprint density at radius 3 is 2.15 bits per heavy atom. The summed E-state index contributed by atoms with van der Waals surface area (Å²) in [5.41, 5.74) is 0. The molecule has 0 spiro atoms. The normalized spacial score (nSPS) is 17.1. The fourth-order valence-electron chi connectivity index (χ4n) is 0.742. The Labute approximate surface area is 89.8 Å². The first-order chi connectivity index (χ1) is 5.90. The highest BCUT2D eigenvalue weighted by Gasteiger charge is 2.20. The van der Waals surface area contributed by atoms with E-state index in [0.29, 0.717) is 5.92 Å². The van der Waals surface area contributed by atoms with Crippen LogP contribution in [0.25, 0.3) is 0 Å². The van der Waals surface area contributed by atoms with Gasteiger partial charge in [0, 0.05) is 10.00 Å². The predicted molar refractivity (Wildman–Crippen MR) is 64.2 cm³/mol. The monoisotopic (exact) mass is 224 g/mol. The van der Waals surface area contributed by atoms with Crippen LogP contribution in [0.4, 0.5) is 4.39 Å². The molecule has 0 heterocycles.